The minimum atomic E-state index is -0.986. The van der Waals surface area contributed by atoms with Gasteiger partial charge in [0.2, 0.25) is 5.91 Å². The van der Waals surface area contributed by atoms with Crippen molar-refractivity contribution in [1.82, 2.24) is 4.90 Å². The van der Waals surface area contributed by atoms with Crippen LogP contribution >= 0.6 is 0 Å². The lowest BCUT2D eigenvalue weighted by Gasteiger charge is -2.27. The summed E-state index contributed by atoms with van der Waals surface area (Å²) in [5, 5.41) is 13.8. The molecular weight excluding hydrogens is 480 g/mol. The van der Waals surface area contributed by atoms with E-state index in [-0.39, 0.29) is 28.9 Å². The minimum Gasteiger partial charge on any atom is -0.478 e. The van der Waals surface area contributed by atoms with E-state index in [0.717, 1.165) is 42.4 Å². The molecule has 2 aliphatic carbocycles. The Kier molecular flexibility index (Phi) is 6.09. The fraction of sp³-hybridized carbons (Fsp3) is 0.387. The first-order chi connectivity index (χ1) is 18.3. The number of hydrogen-bond donors (Lipinski definition) is 2. The van der Waals surface area contributed by atoms with Crippen LogP contribution in [0, 0.1) is 25.7 Å². The first kappa shape index (κ1) is 24.5. The number of para-hydroxylation sites is 1. The van der Waals surface area contributed by atoms with E-state index in [0.29, 0.717) is 53.4 Å². The molecule has 0 spiro atoms. The summed E-state index contributed by atoms with van der Waals surface area (Å²) < 4.78 is 6.60. The number of aryl methyl sites for hydroxylation is 1. The van der Waals surface area contributed by atoms with Gasteiger partial charge in [0.1, 0.15) is 11.3 Å². The van der Waals surface area contributed by atoms with Crippen LogP contribution in [0.2, 0.25) is 0 Å². The lowest BCUT2D eigenvalue weighted by molar-refractivity contribution is -0.132. The number of nitrogens with one attached hydrogen (secondary N) is 1. The van der Waals surface area contributed by atoms with Crippen LogP contribution in [-0.2, 0) is 4.79 Å². The van der Waals surface area contributed by atoms with Gasteiger partial charge in [0.05, 0.1) is 17.0 Å². The topological polar surface area (TPSA) is 99.8 Å². The van der Waals surface area contributed by atoms with Crippen molar-refractivity contribution in [3.05, 3.63) is 80.7 Å². The highest BCUT2D eigenvalue weighted by Crippen LogP contribution is 2.45. The molecule has 3 aromatic rings. The van der Waals surface area contributed by atoms with Crippen molar-refractivity contribution in [1.29, 1.82) is 0 Å². The summed E-state index contributed by atoms with van der Waals surface area (Å²) in [6.45, 7) is 4.94. The quantitative estimate of drug-likeness (QED) is 0.421. The number of rotatable bonds is 7. The maximum Gasteiger partial charge on any atom is 0.337 e. The minimum absolute atomic E-state index is 0.0518. The summed E-state index contributed by atoms with van der Waals surface area (Å²) in [4.78, 5) is 39.9. The van der Waals surface area contributed by atoms with Gasteiger partial charge < -0.3 is 19.7 Å². The van der Waals surface area contributed by atoms with Gasteiger partial charge in [-0.1, -0.05) is 24.3 Å². The number of carboxylic acid groups (broad SMARTS) is 1. The molecule has 1 amide bonds. The van der Waals surface area contributed by atoms with Crippen LogP contribution in [-0.4, -0.2) is 35.0 Å². The van der Waals surface area contributed by atoms with Gasteiger partial charge in [-0.05, 0) is 81.2 Å². The molecule has 2 aromatic carbocycles. The number of aromatic carboxylic acids is 1. The number of carboxylic acids is 1. The Hall–Kier alpha value is -3.87. The van der Waals surface area contributed by atoms with Crippen molar-refractivity contribution in [3.8, 4) is 0 Å². The maximum atomic E-state index is 13.6. The largest absolute Gasteiger partial charge is 0.478 e. The van der Waals surface area contributed by atoms with E-state index < -0.39 is 5.97 Å². The second-order valence-corrected chi connectivity index (χ2v) is 11.0. The predicted molar refractivity (Wildman–Crippen MR) is 146 cm³/mol. The van der Waals surface area contributed by atoms with Crippen LogP contribution in [0.15, 0.2) is 51.7 Å². The van der Waals surface area contributed by atoms with Gasteiger partial charge in [-0.15, -0.1) is 0 Å². The van der Waals surface area contributed by atoms with E-state index in [1.807, 2.05) is 37.0 Å². The summed E-state index contributed by atoms with van der Waals surface area (Å²) in [7, 11) is 0. The van der Waals surface area contributed by atoms with Crippen molar-refractivity contribution in [2.45, 2.75) is 52.0 Å². The van der Waals surface area contributed by atoms with Gasteiger partial charge in [-0.3, -0.25) is 9.59 Å². The van der Waals surface area contributed by atoms with Crippen LogP contribution in [0.1, 0.15) is 71.0 Å². The molecule has 3 aliphatic rings. The first-order valence-electron chi connectivity index (χ1n) is 13.5. The lowest BCUT2D eigenvalue weighted by Crippen LogP contribution is -2.35. The average Bonchev–Trinajstić information content (AvgIpc) is 3.83. The zero-order valence-electron chi connectivity index (χ0n) is 21.8. The Morgan fingerprint density at radius 1 is 1.11 bits per heavy atom. The first-order valence-corrected chi connectivity index (χ1v) is 13.5. The van der Waals surface area contributed by atoms with Crippen molar-refractivity contribution < 1.29 is 19.1 Å². The molecule has 38 heavy (non-hydrogen) atoms. The Morgan fingerprint density at radius 3 is 2.53 bits per heavy atom. The summed E-state index contributed by atoms with van der Waals surface area (Å²) in [5.74, 6) is 0.336. The van der Waals surface area contributed by atoms with Crippen molar-refractivity contribution in [3.63, 3.8) is 0 Å². The number of nitrogens with zero attached hydrogens (tertiary/aromatic N) is 1. The molecule has 0 bridgehead atoms. The molecule has 0 saturated heterocycles. The zero-order chi connectivity index (χ0) is 26.6. The third-order valence-electron chi connectivity index (χ3n) is 8.03. The summed E-state index contributed by atoms with van der Waals surface area (Å²) >= 11 is 0. The molecular formula is C31H32N2O5. The van der Waals surface area contributed by atoms with E-state index in [1.165, 1.54) is 0 Å². The number of benzene rings is 2. The Morgan fingerprint density at radius 2 is 1.87 bits per heavy atom. The van der Waals surface area contributed by atoms with E-state index in [9.17, 15) is 19.5 Å². The standard InChI is InChI=1S/C31H32N2O5/c1-17-15-23(26(19-7-8-19)32-25-6-4-3-5-22(25)31(36)37)29-24(16-17)27(34)18(2)28(38-29)20-11-13-33(14-12-20)30(35)21-9-10-21/h3-6,11,15-16,19,21,26,32H,7-10,12-14H2,1-2H3,(H,36,37)/t26-/m0/s1. The highest BCUT2D eigenvalue weighted by molar-refractivity contribution is 5.94. The number of fused-ring (bicyclic) bond motifs is 1. The molecule has 0 radical (unpaired) electrons. The molecule has 6 rings (SSSR count). The van der Waals surface area contributed by atoms with E-state index >= 15 is 0 Å². The molecule has 2 N–H and O–H groups in total. The van der Waals surface area contributed by atoms with Crippen LogP contribution < -0.4 is 10.7 Å². The molecule has 0 unspecified atom stereocenters. The molecule has 1 aliphatic heterocycles. The Bertz CT molecular complexity index is 1540. The van der Waals surface area contributed by atoms with Crippen LogP contribution in [0.25, 0.3) is 16.5 Å². The number of anilines is 1. The molecule has 1 atom stereocenters. The average molecular weight is 513 g/mol. The third-order valence-corrected chi connectivity index (χ3v) is 8.03. The SMILES string of the molecule is Cc1cc([C@@H](Nc2ccccc2C(=O)O)C2CC2)c2oc(C3=CCN(C(=O)C4CC4)CC3)c(C)c(=O)c2c1. The smallest absolute Gasteiger partial charge is 0.337 e. The molecule has 2 heterocycles. The van der Waals surface area contributed by atoms with Crippen molar-refractivity contribution in [2.75, 3.05) is 18.4 Å². The molecule has 2 saturated carbocycles. The van der Waals surface area contributed by atoms with E-state index in [1.54, 1.807) is 18.2 Å². The van der Waals surface area contributed by atoms with Gasteiger partial charge in [0, 0.05) is 35.8 Å². The Labute approximate surface area is 221 Å². The van der Waals surface area contributed by atoms with Crippen molar-refractivity contribution in [2.24, 2.45) is 11.8 Å². The molecule has 7 nitrogen and oxygen atoms in total. The summed E-state index contributed by atoms with van der Waals surface area (Å²) in [6, 6.07) is 10.7. The number of carbonyl (C=O) groups excluding carboxylic acids is 1. The maximum absolute atomic E-state index is 13.6. The fourth-order valence-electron chi connectivity index (χ4n) is 5.61. The number of carbonyl (C=O) groups is 2. The van der Waals surface area contributed by atoms with Crippen molar-refractivity contribution >= 4 is 34.1 Å². The molecule has 7 heteroatoms. The van der Waals surface area contributed by atoms with Crippen LogP contribution in [0.5, 0.6) is 0 Å². The second kappa shape index (κ2) is 9.46. The highest BCUT2D eigenvalue weighted by atomic mass is 16.4. The van der Waals surface area contributed by atoms with Gasteiger partial charge in [-0.25, -0.2) is 4.79 Å². The monoisotopic (exact) mass is 512 g/mol. The van der Waals surface area contributed by atoms with Gasteiger partial charge >= 0.3 is 5.97 Å². The number of amides is 1. The summed E-state index contributed by atoms with van der Waals surface area (Å²) in [5.41, 5.74) is 4.64. The number of hydrogen-bond acceptors (Lipinski definition) is 5. The zero-order valence-corrected chi connectivity index (χ0v) is 21.8. The van der Waals surface area contributed by atoms with Gasteiger partial charge in [0.15, 0.2) is 5.43 Å². The molecule has 1 aromatic heterocycles. The highest BCUT2D eigenvalue weighted by Gasteiger charge is 2.36. The molecule has 196 valence electrons. The second-order valence-electron chi connectivity index (χ2n) is 11.0. The van der Waals surface area contributed by atoms with E-state index in [2.05, 4.69) is 11.4 Å². The van der Waals surface area contributed by atoms with E-state index in [4.69, 9.17) is 4.42 Å². The van der Waals surface area contributed by atoms with Crippen LogP contribution in [0.3, 0.4) is 0 Å². The van der Waals surface area contributed by atoms with Crippen LogP contribution in [0.4, 0.5) is 5.69 Å². The third kappa shape index (κ3) is 4.51. The molecule has 2 fully saturated rings. The fourth-order valence-corrected chi connectivity index (χ4v) is 5.61. The lowest BCUT2D eigenvalue weighted by atomic mass is 9.94. The summed E-state index contributed by atoms with van der Waals surface area (Å²) in [6.07, 6.45) is 6.67. The normalized spacial score (nSPS) is 18.3. The van der Waals surface area contributed by atoms with Gasteiger partial charge in [0.25, 0.3) is 0 Å². The van der Waals surface area contributed by atoms with Gasteiger partial charge in [-0.2, -0.15) is 0 Å². The predicted octanol–water partition coefficient (Wildman–Crippen LogP) is 5.70. The Balaban J connectivity index is 1.43.